The van der Waals surface area contributed by atoms with E-state index in [0.717, 1.165) is 5.56 Å². The Morgan fingerprint density at radius 1 is 1.33 bits per heavy atom. The smallest absolute Gasteiger partial charge is 0.408 e. The molecule has 0 fully saturated rings. The highest BCUT2D eigenvalue weighted by atomic mass is 31.2. The van der Waals surface area contributed by atoms with Gasteiger partial charge >= 0.3 is 13.7 Å². The third-order valence-corrected chi connectivity index (χ3v) is 5.32. The first-order valence-corrected chi connectivity index (χ1v) is 9.40. The molecule has 0 spiro atoms. The zero-order valence-corrected chi connectivity index (χ0v) is 15.3. The van der Waals surface area contributed by atoms with E-state index in [-0.39, 0.29) is 19.1 Å². The van der Waals surface area contributed by atoms with Gasteiger partial charge in [0, 0.05) is 7.11 Å². The third kappa shape index (κ3) is 6.87. The standard InChI is InChI=1S/C17H26NO5P/c1-5-11-23-24(20,21-4)16(12-14(2)3)18-17(19)22-13-15-9-7-6-8-10-15/h5-10,14,16H,1,11-13H2,2-4H3,(H,18,19). The van der Waals surface area contributed by atoms with Crippen molar-refractivity contribution in [1.82, 2.24) is 5.32 Å². The summed E-state index contributed by atoms with van der Waals surface area (Å²) < 4.78 is 28.4. The van der Waals surface area contributed by atoms with E-state index in [1.54, 1.807) is 0 Å². The lowest BCUT2D eigenvalue weighted by Gasteiger charge is -2.27. The van der Waals surface area contributed by atoms with Crippen LogP contribution in [0.1, 0.15) is 25.8 Å². The Morgan fingerprint density at radius 3 is 2.54 bits per heavy atom. The summed E-state index contributed by atoms with van der Waals surface area (Å²) in [4.78, 5) is 12.1. The quantitative estimate of drug-likeness (QED) is 0.499. The summed E-state index contributed by atoms with van der Waals surface area (Å²) in [7, 11) is -2.21. The van der Waals surface area contributed by atoms with E-state index in [0.29, 0.717) is 6.42 Å². The molecule has 1 aromatic rings. The fraction of sp³-hybridized carbons (Fsp3) is 0.471. The first-order chi connectivity index (χ1) is 11.4. The first kappa shape index (κ1) is 20.4. The van der Waals surface area contributed by atoms with Crippen LogP contribution < -0.4 is 5.32 Å². The van der Waals surface area contributed by atoms with Gasteiger partial charge in [-0.3, -0.25) is 4.57 Å². The minimum Gasteiger partial charge on any atom is -0.445 e. The maximum absolute atomic E-state index is 12.8. The lowest BCUT2D eigenvalue weighted by Crippen LogP contribution is -2.37. The van der Waals surface area contributed by atoms with Crippen LogP contribution in [-0.4, -0.2) is 25.6 Å². The van der Waals surface area contributed by atoms with Crippen molar-refractivity contribution in [1.29, 1.82) is 0 Å². The molecule has 2 atom stereocenters. The van der Waals surface area contributed by atoms with Gasteiger partial charge in [0.15, 0.2) is 0 Å². The molecule has 2 unspecified atom stereocenters. The summed E-state index contributed by atoms with van der Waals surface area (Å²) in [6, 6.07) is 9.31. The number of carbonyl (C=O) groups excluding carboxylic acids is 1. The van der Waals surface area contributed by atoms with Crippen molar-refractivity contribution in [3.8, 4) is 0 Å². The van der Waals surface area contributed by atoms with Crippen LogP contribution in [0.15, 0.2) is 43.0 Å². The third-order valence-electron chi connectivity index (χ3n) is 3.20. The number of benzene rings is 1. The van der Waals surface area contributed by atoms with Gasteiger partial charge in [0.25, 0.3) is 0 Å². The van der Waals surface area contributed by atoms with Gasteiger partial charge in [-0.15, -0.1) is 6.58 Å². The van der Waals surface area contributed by atoms with Crippen LogP contribution in [0, 0.1) is 5.92 Å². The summed E-state index contributed by atoms with van der Waals surface area (Å²) in [5, 5.41) is 2.61. The average molecular weight is 355 g/mol. The number of hydrogen-bond acceptors (Lipinski definition) is 5. The number of amides is 1. The maximum atomic E-state index is 12.8. The van der Waals surface area contributed by atoms with Gasteiger partial charge in [0.05, 0.1) is 6.61 Å². The molecular formula is C17H26NO5P. The van der Waals surface area contributed by atoms with Gasteiger partial charge in [0.2, 0.25) is 0 Å². The Labute approximate surface area is 143 Å². The zero-order chi connectivity index (χ0) is 18.0. The van der Waals surface area contributed by atoms with E-state index >= 15 is 0 Å². The lowest BCUT2D eigenvalue weighted by molar-refractivity contribution is 0.134. The van der Waals surface area contributed by atoms with Crippen molar-refractivity contribution >= 4 is 13.7 Å². The number of carbonyl (C=O) groups is 1. The minimum absolute atomic E-state index is 0.0699. The van der Waals surface area contributed by atoms with Gasteiger partial charge in [-0.25, -0.2) is 4.79 Å². The monoisotopic (exact) mass is 355 g/mol. The second kappa shape index (κ2) is 10.3. The number of hydrogen-bond donors (Lipinski definition) is 1. The number of rotatable bonds is 10. The van der Waals surface area contributed by atoms with Crippen LogP contribution in [0.25, 0.3) is 0 Å². The number of ether oxygens (including phenoxy) is 1. The van der Waals surface area contributed by atoms with E-state index in [9.17, 15) is 9.36 Å². The van der Waals surface area contributed by atoms with E-state index in [2.05, 4.69) is 11.9 Å². The Kier molecular flexibility index (Phi) is 8.76. The molecular weight excluding hydrogens is 329 g/mol. The van der Waals surface area contributed by atoms with Crippen molar-refractivity contribution in [3.05, 3.63) is 48.6 Å². The van der Waals surface area contributed by atoms with Crippen LogP contribution in [0.3, 0.4) is 0 Å². The van der Waals surface area contributed by atoms with Gasteiger partial charge in [-0.2, -0.15) is 0 Å². The molecule has 6 nitrogen and oxygen atoms in total. The molecule has 24 heavy (non-hydrogen) atoms. The topological polar surface area (TPSA) is 73.9 Å². The van der Waals surface area contributed by atoms with Crippen LogP contribution >= 0.6 is 7.60 Å². The molecule has 0 heterocycles. The molecule has 0 saturated heterocycles. The van der Waals surface area contributed by atoms with Gasteiger partial charge in [0.1, 0.15) is 12.4 Å². The summed E-state index contributed by atoms with van der Waals surface area (Å²) in [5.41, 5.74) is 0.867. The second-order valence-electron chi connectivity index (χ2n) is 5.66. The molecule has 1 rings (SSSR count). The van der Waals surface area contributed by atoms with Crippen LogP contribution in [-0.2, 0) is 25.0 Å². The number of alkyl carbamates (subject to hydrolysis) is 1. The fourth-order valence-electron chi connectivity index (χ4n) is 2.04. The van der Waals surface area contributed by atoms with Gasteiger partial charge < -0.3 is 19.1 Å². The van der Waals surface area contributed by atoms with E-state index < -0.39 is 19.5 Å². The van der Waals surface area contributed by atoms with E-state index in [1.807, 2.05) is 44.2 Å². The van der Waals surface area contributed by atoms with Crippen molar-refractivity contribution in [3.63, 3.8) is 0 Å². The molecule has 0 aromatic heterocycles. The van der Waals surface area contributed by atoms with Crippen molar-refractivity contribution < 1.29 is 23.1 Å². The van der Waals surface area contributed by atoms with Crippen molar-refractivity contribution in [2.45, 2.75) is 32.7 Å². The second-order valence-corrected chi connectivity index (χ2v) is 7.98. The molecule has 1 amide bonds. The molecule has 0 saturated carbocycles. The molecule has 1 aromatic carbocycles. The normalized spacial score (nSPS) is 14.7. The molecule has 7 heteroatoms. The summed E-state index contributed by atoms with van der Waals surface area (Å²) in [6.07, 6.45) is 1.25. The molecule has 0 radical (unpaired) electrons. The van der Waals surface area contributed by atoms with Gasteiger partial charge in [-0.05, 0) is 17.9 Å². The Balaban J connectivity index is 2.71. The largest absolute Gasteiger partial charge is 0.445 e. The highest BCUT2D eigenvalue weighted by molar-refractivity contribution is 7.54. The minimum atomic E-state index is -3.51. The molecule has 0 aliphatic heterocycles. The lowest BCUT2D eigenvalue weighted by atomic mass is 10.1. The SMILES string of the molecule is C=CCOP(=O)(OC)C(CC(C)C)NC(=O)OCc1ccccc1. The Morgan fingerprint density at radius 2 is 2.00 bits per heavy atom. The van der Waals surface area contributed by atoms with Crippen LogP contribution in [0.5, 0.6) is 0 Å². The van der Waals surface area contributed by atoms with Gasteiger partial charge in [-0.1, -0.05) is 50.3 Å². The molecule has 0 aliphatic rings. The fourth-order valence-corrected chi connectivity index (χ4v) is 3.84. The molecule has 1 N–H and O–H groups in total. The highest BCUT2D eigenvalue weighted by Gasteiger charge is 2.37. The van der Waals surface area contributed by atoms with Crippen LogP contribution in [0.2, 0.25) is 0 Å². The van der Waals surface area contributed by atoms with Crippen molar-refractivity contribution in [2.24, 2.45) is 5.92 Å². The predicted molar refractivity (Wildman–Crippen MR) is 93.8 cm³/mol. The summed E-state index contributed by atoms with van der Waals surface area (Å²) >= 11 is 0. The Hall–Kier alpha value is -1.62. The summed E-state index contributed by atoms with van der Waals surface area (Å²) in [6.45, 7) is 7.64. The highest BCUT2D eigenvalue weighted by Crippen LogP contribution is 2.53. The average Bonchev–Trinajstić information content (AvgIpc) is 2.58. The Bertz CT molecular complexity index is 561. The van der Waals surface area contributed by atoms with Crippen molar-refractivity contribution in [2.75, 3.05) is 13.7 Å². The predicted octanol–water partition coefficient (Wildman–Crippen LogP) is 4.33. The molecule has 134 valence electrons. The van der Waals surface area contributed by atoms with E-state index in [4.69, 9.17) is 13.8 Å². The molecule has 0 bridgehead atoms. The first-order valence-electron chi connectivity index (χ1n) is 7.79. The van der Waals surface area contributed by atoms with Crippen LogP contribution in [0.4, 0.5) is 4.79 Å². The maximum Gasteiger partial charge on any atom is 0.408 e. The number of nitrogens with one attached hydrogen (secondary N) is 1. The zero-order valence-electron chi connectivity index (χ0n) is 14.4. The van der Waals surface area contributed by atoms with E-state index in [1.165, 1.54) is 13.2 Å². The molecule has 0 aliphatic carbocycles. The summed E-state index contributed by atoms with van der Waals surface area (Å²) in [5.74, 6) is -0.606.